The SMILES string of the molecule is CC(C)n1cnnc1CN(C)C(=O)c1cccc(-c2ccccc2CO)c1. The minimum Gasteiger partial charge on any atom is -0.392 e. The Hall–Kier alpha value is -2.99. The lowest BCUT2D eigenvalue weighted by molar-refractivity contribution is 0.0779. The summed E-state index contributed by atoms with van der Waals surface area (Å²) in [4.78, 5) is 14.5. The minimum absolute atomic E-state index is 0.0425. The maximum atomic E-state index is 12.9. The van der Waals surface area contributed by atoms with Gasteiger partial charge in [-0.1, -0.05) is 36.4 Å². The van der Waals surface area contributed by atoms with Crippen LogP contribution in [0.4, 0.5) is 0 Å². The van der Waals surface area contributed by atoms with E-state index in [1.807, 2.05) is 47.0 Å². The second kappa shape index (κ2) is 8.14. The Morgan fingerprint density at radius 2 is 1.96 bits per heavy atom. The first-order valence-electron chi connectivity index (χ1n) is 8.94. The molecule has 2 aromatic carbocycles. The average molecular weight is 364 g/mol. The number of carbonyl (C=O) groups is 1. The van der Waals surface area contributed by atoms with Crippen molar-refractivity contribution in [3.05, 3.63) is 71.8 Å². The predicted octanol–water partition coefficient (Wildman–Crippen LogP) is 3.29. The fourth-order valence-electron chi connectivity index (χ4n) is 3.07. The van der Waals surface area contributed by atoms with E-state index in [4.69, 9.17) is 0 Å². The van der Waals surface area contributed by atoms with Gasteiger partial charge >= 0.3 is 0 Å². The van der Waals surface area contributed by atoms with Gasteiger partial charge in [-0.3, -0.25) is 4.79 Å². The number of hydrogen-bond donors (Lipinski definition) is 1. The molecule has 0 spiro atoms. The van der Waals surface area contributed by atoms with Gasteiger partial charge < -0.3 is 14.6 Å². The van der Waals surface area contributed by atoms with E-state index in [-0.39, 0.29) is 18.6 Å². The molecule has 1 N–H and O–H groups in total. The highest BCUT2D eigenvalue weighted by Crippen LogP contribution is 2.25. The monoisotopic (exact) mass is 364 g/mol. The highest BCUT2D eigenvalue weighted by atomic mass is 16.3. The van der Waals surface area contributed by atoms with Gasteiger partial charge in [0.1, 0.15) is 6.33 Å². The maximum Gasteiger partial charge on any atom is 0.254 e. The van der Waals surface area contributed by atoms with Gasteiger partial charge in [0.2, 0.25) is 0 Å². The van der Waals surface area contributed by atoms with E-state index in [0.717, 1.165) is 22.5 Å². The fraction of sp³-hybridized carbons (Fsp3) is 0.286. The second-order valence-corrected chi connectivity index (χ2v) is 6.81. The Balaban J connectivity index is 1.84. The van der Waals surface area contributed by atoms with E-state index < -0.39 is 0 Å². The molecule has 3 aromatic rings. The van der Waals surface area contributed by atoms with Crippen LogP contribution in [-0.4, -0.2) is 37.7 Å². The molecule has 1 amide bonds. The molecule has 0 unspecified atom stereocenters. The largest absolute Gasteiger partial charge is 0.392 e. The van der Waals surface area contributed by atoms with E-state index in [0.29, 0.717) is 12.1 Å². The number of carbonyl (C=O) groups excluding carboxylic acids is 1. The third-order valence-corrected chi connectivity index (χ3v) is 4.54. The highest BCUT2D eigenvalue weighted by Gasteiger charge is 2.17. The number of aromatic nitrogens is 3. The van der Waals surface area contributed by atoms with Gasteiger partial charge in [0.25, 0.3) is 5.91 Å². The third-order valence-electron chi connectivity index (χ3n) is 4.54. The lowest BCUT2D eigenvalue weighted by Crippen LogP contribution is -2.28. The van der Waals surface area contributed by atoms with Gasteiger partial charge in [-0.15, -0.1) is 10.2 Å². The summed E-state index contributed by atoms with van der Waals surface area (Å²) >= 11 is 0. The van der Waals surface area contributed by atoms with E-state index in [2.05, 4.69) is 24.0 Å². The first-order chi connectivity index (χ1) is 13.0. The summed E-state index contributed by atoms with van der Waals surface area (Å²) in [5, 5.41) is 17.7. The van der Waals surface area contributed by atoms with Crippen molar-refractivity contribution >= 4 is 5.91 Å². The Labute approximate surface area is 159 Å². The smallest absolute Gasteiger partial charge is 0.254 e. The van der Waals surface area contributed by atoms with Gasteiger partial charge in [-0.25, -0.2) is 0 Å². The van der Waals surface area contributed by atoms with Crippen LogP contribution in [0.3, 0.4) is 0 Å². The van der Waals surface area contributed by atoms with Crippen molar-refractivity contribution in [3.8, 4) is 11.1 Å². The molecule has 0 atom stereocenters. The summed E-state index contributed by atoms with van der Waals surface area (Å²) in [6, 6.07) is 15.4. The number of rotatable bonds is 6. The van der Waals surface area contributed by atoms with E-state index >= 15 is 0 Å². The topological polar surface area (TPSA) is 71.2 Å². The van der Waals surface area contributed by atoms with Crippen LogP contribution in [0, 0.1) is 0 Å². The molecular weight excluding hydrogens is 340 g/mol. The lowest BCUT2D eigenvalue weighted by Gasteiger charge is -2.19. The molecule has 0 radical (unpaired) electrons. The fourth-order valence-corrected chi connectivity index (χ4v) is 3.07. The Kier molecular flexibility index (Phi) is 5.66. The van der Waals surface area contributed by atoms with Crippen molar-refractivity contribution in [2.45, 2.75) is 33.0 Å². The van der Waals surface area contributed by atoms with Gasteiger partial charge in [0, 0.05) is 18.7 Å². The van der Waals surface area contributed by atoms with Crippen LogP contribution in [0.2, 0.25) is 0 Å². The van der Waals surface area contributed by atoms with Gasteiger partial charge in [0.15, 0.2) is 5.82 Å². The lowest BCUT2D eigenvalue weighted by atomic mass is 9.98. The molecule has 0 saturated carbocycles. The summed E-state index contributed by atoms with van der Waals surface area (Å²) < 4.78 is 1.96. The summed E-state index contributed by atoms with van der Waals surface area (Å²) in [5.41, 5.74) is 3.26. The molecule has 3 rings (SSSR count). The Morgan fingerprint density at radius 1 is 1.19 bits per heavy atom. The summed E-state index contributed by atoms with van der Waals surface area (Å²) in [7, 11) is 1.76. The number of hydrogen-bond acceptors (Lipinski definition) is 4. The van der Waals surface area contributed by atoms with Crippen molar-refractivity contribution in [2.75, 3.05) is 7.05 Å². The van der Waals surface area contributed by atoms with Gasteiger partial charge in [0.05, 0.1) is 13.2 Å². The quantitative estimate of drug-likeness (QED) is 0.729. The molecular formula is C21H24N4O2. The number of nitrogens with zero attached hydrogens (tertiary/aromatic N) is 4. The van der Waals surface area contributed by atoms with Crippen molar-refractivity contribution in [1.82, 2.24) is 19.7 Å². The summed E-state index contributed by atoms with van der Waals surface area (Å²) in [5.74, 6) is 0.666. The highest BCUT2D eigenvalue weighted by molar-refractivity contribution is 5.95. The molecule has 0 saturated heterocycles. The number of aliphatic hydroxyl groups excluding tert-OH is 1. The van der Waals surface area contributed by atoms with Crippen molar-refractivity contribution in [2.24, 2.45) is 0 Å². The number of benzene rings is 2. The number of aliphatic hydroxyl groups is 1. The molecule has 0 aliphatic rings. The Morgan fingerprint density at radius 3 is 2.70 bits per heavy atom. The van der Waals surface area contributed by atoms with Crippen LogP contribution in [0.25, 0.3) is 11.1 Å². The first-order valence-corrected chi connectivity index (χ1v) is 8.94. The van der Waals surface area contributed by atoms with Crippen molar-refractivity contribution in [1.29, 1.82) is 0 Å². The first kappa shape index (κ1) is 18.8. The third kappa shape index (κ3) is 4.06. The maximum absolute atomic E-state index is 12.9. The molecule has 0 bridgehead atoms. The minimum atomic E-state index is -0.0864. The van der Waals surface area contributed by atoms with E-state index in [1.165, 1.54) is 0 Å². The zero-order valence-corrected chi connectivity index (χ0v) is 15.8. The molecule has 27 heavy (non-hydrogen) atoms. The average Bonchev–Trinajstić information content (AvgIpc) is 3.15. The van der Waals surface area contributed by atoms with Crippen molar-refractivity contribution in [3.63, 3.8) is 0 Å². The molecule has 0 aliphatic heterocycles. The predicted molar refractivity (Wildman–Crippen MR) is 104 cm³/mol. The molecule has 6 nitrogen and oxygen atoms in total. The molecule has 0 aliphatic carbocycles. The molecule has 140 valence electrons. The molecule has 0 fully saturated rings. The second-order valence-electron chi connectivity index (χ2n) is 6.81. The summed E-state index contributed by atoms with van der Waals surface area (Å²) in [6.07, 6.45) is 1.69. The van der Waals surface area contributed by atoms with Crippen LogP contribution in [0.15, 0.2) is 54.9 Å². The van der Waals surface area contributed by atoms with Crippen molar-refractivity contribution < 1.29 is 9.90 Å². The molecule has 1 aromatic heterocycles. The summed E-state index contributed by atoms with van der Waals surface area (Å²) in [6.45, 7) is 4.45. The van der Waals surface area contributed by atoms with E-state index in [9.17, 15) is 9.90 Å². The van der Waals surface area contributed by atoms with Crippen LogP contribution in [0.1, 0.15) is 41.6 Å². The zero-order chi connectivity index (χ0) is 19.4. The van der Waals surface area contributed by atoms with Gasteiger partial charge in [-0.05, 0) is 42.7 Å². The van der Waals surface area contributed by atoms with Crippen LogP contribution < -0.4 is 0 Å². The zero-order valence-electron chi connectivity index (χ0n) is 15.8. The normalized spacial score (nSPS) is 11.0. The van der Waals surface area contributed by atoms with Crippen LogP contribution in [0.5, 0.6) is 0 Å². The van der Waals surface area contributed by atoms with Crippen LogP contribution >= 0.6 is 0 Å². The standard InChI is InChI=1S/C21H24N4O2/c1-15(2)25-14-22-23-20(25)12-24(3)21(27)17-9-6-8-16(11-17)19-10-5-4-7-18(19)13-26/h4-11,14-15,26H,12-13H2,1-3H3. The molecule has 6 heteroatoms. The molecule has 1 heterocycles. The van der Waals surface area contributed by atoms with E-state index in [1.54, 1.807) is 24.3 Å². The Bertz CT molecular complexity index is 933. The van der Waals surface area contributed by atoms with Gasteiger partial charge in [-0.2, -0.15) is 0 Å². The number of amides is 1. The van der Waals surface area contributed by atoms with Crippen LogP contribution in [-0.2, 0) is 13.2 Å².